The van der Waals surface area contributed by atoms with Crippen molar-refractivity contribution in [2.45, 2.75) is 19.4 Å². The van der Waals surface area contributed by atoms with E-state index in [4.69, 9.17) is 9.15 Å². The van der Waals surface area contributed by atoms with Gasteiger partial charge < -0.3 is 14.1 Å². The average Bonchev–Trinajstić information content (AvgIpc) is 3.29. The number of carbonyl (C=O) groups excluding carboxylic acids is 3. The Kier molecular flexibility index (Phi) is 4.09. The highest BCUT2D eigenvalue weighted by molar-refractivity contribution is 6.06. The van der Waals surface area contributed by atoms with Crippen LogP contribution < -0.4 is 5.32 Å². The number of imide groups is 1. The molecule has 3 fully saturated rings. The number of furan rings is 1. The summed E-state index contributed by atoms with van der Waals surface area (Å²) in [5.74, 6) is 0.0809. The van der Waals surface area contributed by atoms with Gasteiger partial charge in [-0.15, -0.1) is 0 Å². The largest absolute Gasteiger partial charge is 0.467 e. The van der Waals surface area contributed by atoms with Crippen molar-refractivity contribution < 1.29 is 23.5 Å². The first-order valence-corrected chi connectivity index (χ1v) is 8.57. The molecule has 3 saturated heterocycles. The van der Waals surface area contributed by atoms with Gasteiger partial charge in [0.05, 0.1) is 30.7 Å². The second-order valence-corrected chi connectivity index (χ2v) is 7.00. The van der Waals surface area contributed by atoms with Gasteiger partial charge in [0, 0.05) is 32.6 Å². The van der Waals surface area contributed by atoms with Crippen molar-refractivity contribution >= 4 is 17.7 Å². The molecule has 4 heterocycles. The molecule has 134 valence electrons. The lowest BCUT2D eigenvalue weighted by Crippen LogP contribution is -2.36. The zero-order chi connectivity index (χ0) is 17.4. The molecule has 1 N–H and O–H groups in total. The molecule has 25 heavy (non-hydrogen) atoms. The highest BCUT2D eigenvalue weighted by Crippen LogP contribution is 2.38. The van der Waals surface area contributed by atoms with Gasteiger partial charge in [0.2, 0.25) is 11.8 Å². The van der Waals surface area contributed by atoms with Crippen LogP contribution in [0.2, 0.25) is 0 Å². The minimum absolute atomic E-state index is 0.152. The van der Waals surface area contributed by atoms with E-state index in [-0.39, 0.29) is 30.7 Å². The molecule has 0 aromatic carbocycles. The van der Waals surface area contributed by atoms with Gasteiger partial charge in [-0.25, -0.2) is 0 Å². The predicted octanol–water partition coefficient (Wildman–Crippen LogP) is -0.00940. The van der Waals surface area contributed by atoms with E-state index in [9.17, 15) is 14.4 Å². The molecule has 0 bridgehead atoms. The lowest BCUT2D eigenvalue weighted by molar-refractivity contribution is -0.128. The van der Waals surface area contributed by atoms with E-state index in [2.05, 4.69) is 10.2 Å². The van der Waals surface area contributed by atoms with Gasteiger partial charge in [-0.3, -0.25) is 24.6 Å². The van der Waals surface area contributed by atoms with Crippen LogP contribution >= 0.6 is 0 Å². The van der Waals surface area contributed by atoms with Crippen LogP contribution in [0.5, 0.6) is 0 Å². The molecule has 3 aliphatic rings. The molecular weight excluding hydrogens is 326 g/mol. The fourth-order valence-electron chi connectivity index (χ4n) is 3.80. The van der Waals surface area contributed by atoms with Crippen molar-refractivity contribution in [3.05, 3.63) is 23.7 Å². The number of hydrogen-bond donors (Lipinski definition) is 1. The third-order valence-electron chi connectivity index (χ3n) is 5.26. The summed E-state index contributed by atoms with van der Waals surface area (Å²) < 4.78 is 10.9. The summed E-state index contributed by atoms with van der Waals surface area (Å²) in [6, 6.07) is 1.77. The van der Waals surface area contributed by atoms with Crippen LogP contribution in [0.15, 0.2) is 16.7 Å². The number of morpholine rings is 1. The Bertz CT molecular complexity index is 709. The van der Waals surface area contributed by atoms with Crippen molar-refractivity contribution in [3.8, 4) is 0 Å². The van der Waals surface area contributed by atoms with Crippen LogP contribution in [0.4, 0.5) is 0 Å². The van der Waals surface area contributed by atoms with Crippen LogP contribution in [-0.2, 0) is 20.9 Å². The van der Waals surface area contributed by atoms with Gasteiger partial charge in [0.1, 0.15) is 12.0 Å². The van der Waals surface area contributed by atoms with E-state index in [0.717, 1.165) is 18.8 Å². The third-order valence-corrected chi connectivity index (χ3v) is 5.26. The zero-order valence-electron chi connectivity index (χ0n) is 14.0. The van der Waals surface area contributed by atoms with Gasteiger partial charge in [-0.05, 0) is 12.5 Å². The Hall–Kier alpha value is -2.19. The second kappa shape index (κ2) is 6.27. The van der Waals surface area contributed by atoms with Gasteiger partial charge in [0.25, 0.3) is 5.91 Å². The van der Waals surface area contributed by atoms with Gasteiger partial charge in [-0.2, -0.15) is 0 Å². The molecule has 1 aromatic rings. The summed E-state index contributed by atoms with van der Waals surface area (Å²) in [7, 11) is 0. The highest BCUT2D eigenvalue weighted by atomic mass is 16.5. The zero-order valence-corrected chi connectivity index (χ0v) is 14.0. The van der Waals surface area contributed by atoms with Crippen molar-refractivity contribution in [2.75, 3.05) is 39.4 Å². The highest BCUT2D eigenvalue weighted by Gasteiger charge is 2.51. The molecule has 0 radical (unpaired) electrons. The van der Waals surface area contributed by atoms with Crippen LogP contribution in [0.25, 0.3) is 0 Å². The van der Waals surface area contributed by atoms with Gasteiger partial charge in [-0.1, -0.05) is 0 Å². The Morgan fingerprint density at radius 2 is 2.04 bits per heavy atom. The quantitative estimate of drug-likeness (QED) is 0.774. The monoisotopic (exact) mass is 347 g/mol. The minimum Gasteiger partial charge on any atom is -0.467 e. The van der Waals surface area contributed by atoms with Gasteiger partial charge >= 0.3 is 0 Å². The molecular formula is C17H21N3O5. The number of rotatable bonds is 3. The van der Waals surface area contributed by atoms with Crippen molar-refractivity contribution in [2.24, 2.45) is 5.41 Å². The molecule has 1 unspecified atom stereocenters. The molecule has 1 aromatic heterocycles. The number of amides is 3. The van der Waals surface area contributed by atoms with E-state index in [1.807, 2.05) is 0 Å². The fraction of sp³-hybridized carbons (Fsp3) is 0.588. The maximum atomic E-state index is 12.7. The van der Waals surface area contributed by atoms with Crippen molar-refractivity contribution in [3.63, 3.8) is 0 Å². The van der Waals surface area contributed by atoms with E-state index in [0.29, 0.717) is 38.3 Å². The van der Waals surface area contributed by atoms with Crippen molar-refractivity contribution in [1.29, 1.82) is 0 Å². The molecule has 0 aliphatic carbocycles. The summed E-state index contributed by atoms with van der Waals surface area (Å²) in [5.41, 5.74) is -0.252. The van der Waals surface area contributed by atoms with E-state index < -0.39 is 5.41 Å². The number of likely N-dealkylation sites (tertiary alicyclic amines) is 1. The maximum absolute atomic E-state index is 12.7. The third kappa shape index (κ3) is 3.07. The number of ether oxygens (including phenoxy) is 1. The summed E-state index contributed by atoms with van der Waals surface area (Å²) in [6.07, 6.45) is 2.17. The molecule has 3 amide bonds. The van der Waals surface area contributed by atoms with Gasteiger partial charge in [0.15, 0.2) is 0 Å². The number of carbonyl (C=O) groups is 3. The van der Waals surface area contributed by atoms with Crippen LogP contribution in [0, 0.1) is 5.41 Å². The first kappa shape index (κ1) is 16.3. The number of nitrogens with zero attached hydrogens (tertiary/aromatic N) is 2. The van der Waals surface area contributed by atoms with Crippen LogP contribution in [0.1, 0.15) is 29.0 Å². The Morgan fingerprint density at radius 3 is 2.76 bits per heavy atom. The SMILES string of the molecule is O=C1CC2(CCN(C(=O)c3coc(CN4CCOCC4)c3)C2)C(=O)N1. The standard InChI is InChI=1S/C17H21N3O5/c21-14-8-17(16(23)18-14)1-2-20(11-17)15(22)12-7-13(25-10-12)9-19-3-5-24-6-4-19/h7,10H,1-6,8-9,11H2,(H,18,21,23). The second-order valence-electron chi connectivity index (χ2n) is 7.00. The molecule has 0 saturated carbocycles. The molecule has 8 heteroatoms. The smallest absolute Gasteiger partial charge is 0.257 e. The number of nitrogens with one attached hydrogen (secondary N) is 1. The minimum atomic E-state index is -0.743. The normalized spacial score (nSPS) is 27.3. The summed E-state index contributed by atoms with van der Waals surface area (Å²) in [6.45, 7) is 4.53. The Morgan fingerprint density at radius 1 is 1.24 bits per heavy atom. The molecule has 4 rings (SSSR count). The topological polar surface area (TPSA) is 92.1 Å². The fourth-order valence-corrected chi connectivity index (χ4v) is 3.80. The molecule has 1 atom stereocenters. The van der Waals surface area contributed by atoms with E-state index >= 15 is 0 Å². The summed E-state index contributed by atoms with van der Waals surface area (Å²) >= 11 is 0. The Labute approximate surface area is 145 Å². The Balaban J connectivity index is 1.40. The first-order valence-electron chi connectivity index (χ1n) is 8.57. The van der Waals surface area contributed by atoms with Crippen LogP contribution in [-0.4, -0.2) is 66.9 Å². The van der Waals surface area contributed by atoms with E-state index in [1.54, 1.807) is 11.0 Å². The first-order chi connectivity index (χ1) is 12.1. The summed E-state index contributed by atoms with van der Waals surface area (Å²) in [5, 5.41) is 2.35. The average molecular weight is 347 g/mol. The number of hydrogen-bond acceptors (Lipinski definition) is 6. The summed E-state index contributed by atoms with van der Waals surface area (Å²) in [4.78, 5) is 40.1. The lowest BCUT2D eigenvalue weighted by atomic mass is 9.85. The van der Waals surface area contributed by atoms with E-state index in [1.165, 1.54) is 6.26 Å². The molecule has 8 nitrogen and oxygen atoms in total. The van der Waals surface area contributed by atoms with Crippen molar-refractivity contribution in [1.82, 2.24) is 15.1 Å². The molecule has 1 spiro atoms. The molecule has 3 aliphatic heterocycles. The predicted molar refractivity (Wildman–Crippen MR) is 85.5 cm³/mol. The lowest BCUT2D eigenvalue weighted by Gasteiger charge is -2.25. The maximum Gasteiger partial charge on any atom is 0.257 e. The van der Waals surface area contributed by atoms with Crippen LogP contribution in [0.3, 0.4) is 0 Å².